The summed E-state index contributed by atoms with van der Waals surface area (Å²) < 4.78 is 0. The van der Waals surface area contributed by atoms with Crippen LogP contribution in [0.25, 0.3) is 0 Å². The Labute approximate surface area is 68.3 Å². The molecule has 4 heteroatoms. The average molecular weight is 175 g/mol. The summed E-state index contributed by atoms with van der Waals surface area (Å²) in [6.07, 6.45) is 1.51. The summed E-state index contributed by atoms with van der Waals surface area (Å²) in [7, 11) is 0. The lowest BCUT2D eigenvalue weighted by Gasteiger charge is -1.93. The summed E-state index contributed by atoms with van der Waals surface area (Å²) >= 11 is 10.9. The summed E-state index contributed by atoms with van der Waals surface area (Å²) in [4.78, 5) is 3.73. The summed E-state index contributed by atoms with van der Waals surface area (Å²) in [5, 5.41) is 7.34. The summed E-state index contributed by atoms with van der Waals surface area (Å²) in [5.41, 5.74) is 0.585. The lowest BCUT2D eigenvalue weighted by Crippen LogP contribution is -1.88. The molecule has 0 spiro atoms. The maximum Gasteiger partial charge on any atom is 0.129 e. The summed E-state index contributed by atoms with van der Waals surface area (Å²) in [5.74, 6) is 0. The van der Waals surface area contributed by atoms with Gasteiger partial charge in [-0.1, -0.05) is 23.2 Å². The topological polar surface area (TPSA) is 36.7 Å². The van der Waals surface area contributed by atoms with Gasteiger partial charge in [-0.15, -0.1) is 0 Å². The smallest absolute Gasteiger partial charge is 0.129 e. The second-order valence-electron chi connectivity index (χ2n) is 1.68. The highest BCUT2D eigenvalue weighted by atomic mass is 35.5. The standard InChI is InChI=1S/C6H4Cl2N2/c7-5-3-4(6(8)9)1-2-10-5/h1-3,9H. The first-order chi connectivity index (χ1) is 4.70. The molecule has 0 aliphatic rings. The summed E-state index contributed by atoms with van der Waals surface area (Å²) in [6, 6.07) is 3.16. The number of nitrogens with zero attached hydrogens (tertiary/aromatic N) is 1. The van der Waals surface area contributed by atoms with Crippen LogP contribution in [0, 0.1) is 5.41 Å². The minimum atomic E-state index is -0.0238. The SMILES string of the molecule is N=C(Cl)c1ccnc(Cl)c1. The van der Waals surface area contributed by atoms with E-state index in [1.165, 1.54) is 12.3 Å². The van der Waals surface area contributed by atoms with E-state index in [9.17, 15) is 0 Å². The van der Waals surface area contributed by atoms with Crippen LogP contribution < -0.4 is 0 Å². The molecule has 1 heterocycles. The van der Waals surface area contributed by atoms with E-state index in [0.29, 0.717) is 10.7 Å². The number of hydrogen-bond donors (Lipinski definition) is 1. The number of pyridine rings is 1. The molecule has 0 saturated carbocycles. The minimum absolute atomic E-state index is 0.0238. The first kappa shape index (κ1) is 7.51. The largest absolute Gasteiger partial charge is 0.289 e. The number of rotatable bonds is 1. The monoisotopic (exact) mass is 174 g/mol. The highest BCUT2D eigenvalue weighted by molar-refractivity contribution is 6.68. The van der Waals surface area contributed by atoms with Crippen molar-refractivity contribution in [2.24, 2.45) is 0 Å². The molecule has 0 aliphatic carbocycles. The quantitative estimate of drug-likeness (QED) is 0.515. The zero-order chi connectivity index (χ0) is 7.56. The van der Waals surface area contributed by atoms with Crippen molar-refractivity contribution in [3.05, 3.63) is 29.0 Å². The lowest BCUT2D eigenvalue weighted by atomic mass is 10.3. The Balaban J connectivity index is 3.07. The van der Waals surface area contributed by atoms with Gasteiger partial charge in [0.15, 0.2) is 0 Å². The number of hydrogen-bond acceptors (Lipinski definition) is 2. The highest BCUT2D eigenvalue weighted by Gasteiger charge is 1.96. The van der Waals surface area contributed by atoms with Crippen LogP contribution in [0.1, 0.15) is 5.56 Å². The van der Waals surface area contributed by atoms with Crippen LogP contribution in [0.5, 0.6) is 0 Å². The van der Waals surface area contributed by atoms with Crippen LogP contribution in [-0.4, -0.2) is 10.2 Å². The minimum Gasteiger partial charge on any atom is -0.289 e. The molecule has 0 bridgehead atoms. The van der Waals surface area contributed by atoms with Crippen molar-refractivity contribution in [2.45, 2.75) is 0 Å². The maximum atomic E-state index is 7.01. The van der Waals surface area contributed by atoms with Gasteiger partial charge >= 0.3 is 0 Å². The Bertz CT molecular complexity index is 260. The Morgan fingerprint density at radius 1 is 1.60 bits per heavy atom. The number of halogens is 2. The van der Waals surface area contributed by atoms with Crippen molar-refractivity contribution < 1.29 is 0 Å². The van der Waals surface area contributed by atoms with Crippen LogP contribution in [0.15, 0.2) is 18.3 Å². The highest BCUT2D eigenvalue weighted by Crippen LogP contribution is 2.08. The van der Waals surface area contributed by atoms with Gasteiger partial charge in [0.05, 0.1) is 0 Å². The molecule has 1 aromatic heterocycles. The van der Waals surface area contributed by atoms with Crippen molar-refractivity contribution >= 4 is 28.4 Å². The fraction of sp³-hybridized carbons (Fsp3) is 0. The summed E-state index contributed by atoms with van der Waals surface area (Å²) in [6.45, 7) is 0. The first-order valence-electron chi connectivity index (χ1n) is 2.56. The molecule has 0 saturated heterocycles. The Hall–Kier alpha value is -0.600. The van der Waals surface area contributed by atoms with Crippen LogP contribution in [0.4, 0.5) is 0 Å². The Kier molecular flexibility index (Phi) is 2.25. The molecule has 2 nitrogen and oxygen atoms in total. The molecule has 0 unspecified atom stereocenters. The van der Waals surface area contributed by atoms with Gasteiger partial charge in [0, 0.05) is 11.8 Å². The fourth-order valence-electron chi connectivity index (χ4n) is 0.539. The van der Waals surface area contributed by atoms with Crippen LogP contribution in [-0.2, 0) is 0 Å². The predicted octanol–water partition coefficient (Wildman–Crippen LogP) is 2.30. The molecule has 1 aromatic rings. The molecule has 0 radical (unpaired) electrons. The Morgan fingerprint density at radius 2 is 2.30 bits per heavy atom. The second kappa shape index (κ2) is 2.99. The maximum absolute atomic E-state index is 7.01. The van der Waals surface area contributed by atoms with E-state index in [4.69, 9.17) is 28.6 Å². The van der Waals surface area contributed by atoms with Gasteiger partial charge in [-0.05, 0) is 12.1 Å². The van der Waals surface area contributed by atoms with Gasteiger partial charge < -0.3 is 0 Å². The Morgan fingerprint density at radius 3 is 2.70 bits per heavy atom. The van der Waals surface area contributed by atoms with Gasteiger partial charge in [-0.2, -0.15) is 0 Å². The van der Waals surface area contributed by atoms with E-state index in [1.807, 2.05) is 0 Å². The third-order valence-corrected chi connectivity index (χ3v) is 1.40. The van der Waals surface area contributed by atoms with Crippen molar-refractivity contribution in [2.75, 3.05) is 0 Å². The zero-order valence-electron chi connectivity index (χ0n) is 4.94. The molecular formula is C6H4Cl2N2. The molecule has 0 aromatic carbocycles. The van der Waals surface area contributed by atoms with Gasteiger partial charge in [0.2, 0.25) is 0 Å². The molecular weight excluding hydrogens is 171 g/mol. The normalized spacial score (nSPS) is 9.40. The molecule has 0 amide bonds. The van der Waals surface area contributed by atoms with E-state index in [-0.39, 0.29) is 5.17 Å². The van der Waals surface area contributed by atoms with Crippen LogP contribution in [0.2, 0.25) is 5.15 Å². The van der Waals surface area contributed by atoms with Gasteiger partial charge in [-0.3, -0.25) is 5.41 Å². The third-order valence-electron chi connectivity index (χ3n) is 0.980. The van der Waals surface area contributed by atoms with Crippen molar-refractivity contribution in [3.63, 3.8) is 0 Å². The van der Waals surface area contributed by atoms with E-state index >= 15 is 0 Å². The predicted molar refractivity (Wildman–Crippen MR) is 41.9 cm³/mol. The number of nitrogens with one attached hydrogen (secondary N) is 1. The van der Waals surface area contributed by atoms with Gasteiger partial charge in [0.25, 0.3) is 0 Å². The van der Waals surface area contributed by atoms with Crippen molar-refractivity contribution in [1.29, 1.82) is 5.41 Å². The second-order valence-corrected chi connectivity index (χ2v) is 2.45. The van der Waals surface area contributed by atoms with Crippen LogP contribution in [0.3, 0.4) is 0 Å². The molecule has 10 heavy (non-hydrogen) atoms. The van der Waals surface area contributed by atoms with Gasteiger partial charge in [-0.25, -0.2) is 4.98 Å². The molecule has 1 rings (SSSR count). The average Bonchev–Trinajstić information content (AvgIpc) is 1.88. The first-order valence-corrected chi connectivity index (χ1v) is 3.32. The van der Waals surface area contributed by atoms with E-state index in [0.717, 1.165) is 0 Å². The molecule has 0 fully saturated rings. The molecule has 0 aliphatic heterocycles. The lowest BCUT2D eigenvalue weighted by molar-refractivity contribution is 1.32. The fourth-order valence-corrected chi connectivity index (χ4v) is 0.830. The van der Waals surface area contributed by atoms with E-state index in [2.05, 4.69) is 4.98 Å². The third kappa shape index (κ3) is 1.69. The van der Waals surface area contributed by atoms with E-state index in [1.54, 1.807) is 6.07 Å². The number of aromatic nitrogens is 1. The van der Waals surface area contributed by atoms with Gasteiger partial charge in [0.1, 0.15) is 10.3 Å². The molecule has 52 valence electrons. The molecule has 1 N–H and O–H groups in total. The van der Waals surface area contributed by atoms with E-state index < -0.39 is 0 Å². The van der Waals surface area contributed by atoms with Crippen LogP contribution >= 0.6 is 23.2 Å². The van der Waals surface area contributed by atoms with Crippen molar-refractivity contribution in [1.82, 2.24) is 4.98 Å². The van der Waals surface area contributed by atoms with Crippen molar-refractivity contribution in [3.8, 4) is 0 Å². The molecule has 0 atom stereocenters. The zero-order valence-corrected chi connectivity index (χ0v) is 6.45.